The summed E-state index contributed by atoms with van der Waals surface area (Å²) in [6.07, 6.45) is -4.78. The Kier molecular flexibility index (Phi) is 7.24. The van der Waals surface area contributed by atoms with E-state index >= 15 is 0 Å². The SMILES string of the molecule is Cc1ccc(NC(=O)N(CCN2CCOCC2)c2nc3ccc(OC(F)(F)F)cc3s2)cc1C. The van der Waals surface area contributed by atoms with Crippen LogP contribution >= 0.6 is 11.3 Å². The lowest BCUT2D eigenvalue weighted by Gasteiger charge is -2.29. The molecule has 2 amide bonds. The van der Waals surface area contributed by atoms with Gasteiger partial charge in [0.1, 0.15) is 5.75 Å². The van der Waals surface area contributed by atoms with Crippen LogP contribution in [0.5, 0.6) is 5.75 Å². The number of ether oxygens (including phenoxy) is 2. The molecule has 2 aromatic carbocycles. The number of benzene rings is 2. The van der Waals surface area contributed by atoms with Crippen LogP contribution in [0.15, 0.2) is 36.4 Å². The van der Waals surface area contributed by atoms with Crippen LogP contribution in [0.25, 0.3) is 10.2 Å². The van der Waals surface area contributed by atoms with E-state index in [0.29, 0.717) is 47.3 Å². The maximum absolute atomic E-state index is 13.3. The van der Waals surface area contributed by atoms with Gasteiger partial charge in [-0.05, 0) is 49.2 Å². The zero-order chi connectivity index (χ0) is 24.3. The molecule has 182 valence electrons. The molecule has 2 heterocycles. The Morgan fingerprint density at radius 3 is 2.65 bits per heavy atom. The second kappa shape index (κ2) is 10.2. The van der Waals surface area contributed by atoms with Crippen molar-refractivity contribution in [3.63, 3.8) is 0 Å². The third kappa shape index (κ3) is 6.16. The molecule has 1 aromatic heterocycles. The smallest absolute Gasteiger partial charge is 0.406 e. The van der Waals surface area contributed by atoms with Crippen molar-refractivity contribution in [3.8, 4) is 5.75 Å². The van der Waals surface area contributed by atoms with Gasteiger partial charge in [0.15, 0.2) is 5.13 Å². The summed E-state index contributed by atoms with van der Waals surface area (Å²) >= 11 is 1.14. The topological polar surface area (TPSA) is 66.9 Å². The normalized spacial score (nSPS) is 14.9. The summed E-state index contributed by atoms with van der Waals surface area (Å²) in [4.78, 5) is 21.5. The summed E-state index contributed by atoms with van der Waals surface area (Å²) in [7, 11) is 0. The molecular formula is C23H25F3N4O3S. The number of anilines is 2. The molecule has 0 saturated carbocycles. The van der Waals surface area contributed by atoms with E-state index in [1.54, 1.807) is 0 Å². The molecule has 0 radical (unpaired) electrons. The maximum atomic E-state index is 13.3. The number of amides is 2. The number of nitrogens with zero attached hydrogens (tertiary/aromatic N) is 3. The molecule has 1 aliphatic heterocycles. The molecule has 4 rings (SSSR count). The van der Waals surface area contributed by atoms with Crippen LogP contribution in [-0.2, 0) is 4.74 Å². The van der Waals surface area contributed by atoms with Gasteiger partial charge in [-0.25, -0.2) is 9.78 Å². The van der Waals surface area contributed by atoms with Crippen LogP contribution in [0.4, 0.5) is 28.8 Å². The van der Waals surface area contributed by atoms with Crippen LogP contribution in [0.3, 0.4) is 0 Å². The van der Waals surface area contributed by atoms with Crippen LogP contribution in [0, 0.1) is 13.8 Å². The molecule has 0 bridgehead atoms. The Labute approximate surface area is 199 Å². The molecule has 1 saturated heterocycles. The number of carbonyl (C=O) groups is 1. The lowest BCUT2D eigenvalue weighted by Crippen LogP contribution is -2.44. The van der Waals surface area contributed by atoms with Crippen molar-refractivity contribution in [1.29, 1.82) is 0 Å². The van der Waals surface area contributed by atoms with E-state index in [4.69, 9.17) is 4.74 Å². The van der Waals surface area contributed by atoms with Crippen molar-refractivity contribution in [3.05, 3.63) is 47.5 Å². The number of fused-ring (bicyclic) bond motifs is 1. The number of rotatable bonds is 6. The van der Waals surface area contributed by atoms with Gasteiger partial charge in [0.05, 0.1) is 23.4 Å². The number of alkyl halides is 3. The predicted molar refractivity (Wildman–Crippen MR) is 126 cm³/mol. The summed E-state index contributed by atoms with van der Waals surface area (Å²) in [5.41, 5.74) is 3.32. The highest BCUT2D eigenvalue weighted by Crippen LogP contribution is 2.33. The first-order valence-electron chi connectivity index (χ1n) is 10.8. The molecule has 1 N–H and O–H groups in total. The monoisotopic (exact) mass is 494 g/mol. The van der Waals surface area contributed by atoms with Gasteiger partial charge in [0.2, 0.25) is 0 Å². The Bertz CT molecular complexity index is 1160. The lowest BCUT2D eigenvalue weighted by atomic mass is 10.1. The van der Waals surface area contributed by atoms with E-state index in [1.807, 2.05) is 32.0 Å². The van der Waals surface area contributed by atoms with Crippen molar-refractivity contribution in [2.75, 3.05) is 49.6 Å². The third-order valence-corrected chi connectivity index (χ3v) is 6.60. The fourth-order valence-electron chi connectivity index (χ4n) is 3.57. The fourth-order valence-corrected chi connectivity index (χ4v) is 4.58. The predicted octanol–water partition coefficient (Wildman–Crippen LogP) is 5.18. The Morgan fingerprint density at radius 2 is 1.94 bits per heavy atom. The molecule has 0 unspecified atom stereocenters. The van der Waals surface area contributed by atoms with E-state index in [1.165, 1.54) is 23.1 Å². The minimum absolute atomic E-state index is 0.324. The van der Waals surface area contributed by atoms with Crippen molar-refractivity contribution < 1.29 is 27.4 Å². The van der Waals surface area contributed by atoms with Crippen LogP contribution < -0.4 is 15.0 Å². The van der Waals surface area contributed by atoms with E-state index in [2.05, 4.69) is 19.9 Å². The average molecular weight is 495 g/mol. The molecule has 11 heteroatoms. The molecule has 7 nitrogen and oxygen atoms in total. The van der Waals surface area contributed by atoms with Crippen molar-refractivity contribution in [2.45, 2.75) is 20.2 Å². The summed E-state index contributed by atoms with van der Waals surface area (Å²) in [6.45, 7) is 7.75. The standard InChI is InChI=1S/C23H25F3N4O3S/c1-15-3-4-17(13-16(15)2)27-21(31)30(8-7-29-9-11-32-12-10-29)22-28-19-6-5-18(14-20(19)34-22)33-23(24,25)26/h3-6,13-14H,7-12H2,1-2H3,(H,27,31). The summed E-state index contributed by atoms with van der Waals surface area (Å²) in [5, 5.41) is 3.32. The molecule has 0 atom stereocenters. The zero-order valence-electron chi connectivity index (χ0n) is 18.8. The summed E-state index contributed by atoms with van der Waals surface area (Å²) in [6, 6.07) is 9.26. The number of nitrogens with one attached hydrogen (secondary N) is 1. The zero-order valence-corrected chi connectivity index (χ0v) is 19.6. The molecule has 0 spiro atoms. The van der Waals surface area contributed by atoms with Crippen molar-refractivity contribution in [2.24, 2.45) is 0 Å². The van der Waals surface area contributed by atoms with Crippen LogP contribution in [-0.4, -0.2) is 61.7 Å². The average Bonchev–Trinajstić information content (AvgIpc) is 3.19. The van der Waals surface area contributed by atoms with Gasteiger partial charge >= 0.3 is 12.4 Å². The van der Waals surface area contributed by atoms with Crippen LogP contribution in [0.2, 0.25) is 0 Å². The first-order valence-corrected chi connectivity index (χ1v) is 11.6. The van der Waals surface area contributed by atoms with Gasteiger partial charge in [0.25, 0.3) is 0 Å². The minimum atomic E-state index is -4.78. The van der Waals surface area contributed by atoms with Gasteiger partial charge in [-0.15, -0.1) is 13.2 Å². The first kappa shape index (κ1) is 24.2. The number of hydrogen-bond acceptors (Lipinski definition) is 6. The van der Waals surface area contributed by atoms with E-state index in [-0.39, 0.29) is 11.8 Å². The number of aryl methyl sites for hydroxylation is 2. The van der Waals surface area contributed by atoms with Crippen molar-refractivity contribution >= 4 is 38.4 Å². The van der Waals surface area contributed by atoms with Gasteiger partial charge in [-0.1, -0.05) is 17.4 Å². The van der Waals surface area contributed by atoms with Crippen LogP contribution in [0.1, 0.15) is 11.1 Å². The van der Waals surface area contributed by atoms with E-state index in [9.17, 15) is 18.0 Å². The Hall–Kier alpha value is -2.89. The lowest BCUT2D eigenvalue weighted by molar-refractivity contribution is -0.274. The number of carbonyl (C=O) groups excluding carboxylic acids is 1. The highest BCUT2D eigenvalue weighted by atomic mass is 32.1. The summed E-state index contributed by atoms with van der Waals surface area (Å²) < 4.78 is 47.7. The second-order valence-corrected chi connectivity index (χ2v) is 9.02. The van der Waals surface area contributed by atoms with E-state index in [0.717, 1.165) is 35.6 Å². The molecule has 3 aromatic rings. The largest absolute Gasteiger partial charge is 0.573 e. The Balaban J connectivity index is 1.58. The number of hydrogen-bond donors (Lipinski definition) is 1. The molecular weight excluding hydrogens is 469 g/mol. The number of morpholine rings is 1. The van der Waals surface area contributed by atoms with Gasteiger partial charge in [0, 0.05) is 37.9 Å². The molecule has 1 aliphatic rings. The van der Waals surface area contributed by atoms with E-state index < -0.39 is 6.36 Å². The third-order valence-electron chi connectivity index (χ3n) is 5.56. The highest BCUT2D eigenvalue weighted by Gasteiger charge is 2.31. The highest BCUT2D eigenvalue weighted by molar-refractivity contribution is 7.22. The minimum Gasteiger partial charge on any atom is -0.406 e. The fraction of sp³-hybridized carbons (Fsp3) is 0.391. The molecule has 1 fully saturated rings. The number of thiazole rings is 1. The number of aromatic nitrogens is 1. The Morgan fingerprint density at radius 1 is 1.18 bits per heavy atom. The second-order valence-electron chi connectivity index (χ2n) is 8.01. The van der Waals surface area contributed by atoms with Gasteiger partial charge in [-0.3, -0.25) is 9.80 Å². The number of urea groups is 1. The number of halogens is 3. The molecule has 34 heavy (non-hydrogen) atoms. The maximum Gasteiger partial charge on any atom is 0.573 e. The van der Waals surface area contributed by atoms with Gasteiger partial charge in [-0.2, -0.15) is 0 Å². The molecule has 0 aliphatic carbocycles. The first-order chi connectivity index (χ1) is 16.2. The van der Waals surface area contributed by atoms with Gasteiger partial charge < -0.3 is 14.8 Å². The quantitative estimate of drug-likeness (QED) is 0.511. The van der Waals surface area contributed by atoms with Crippen molar-refractivity contribution in [1.82, 2.24) is 9.88 Å². The summed E-state index contributed by atoms with van der Waals surface area (Å²) in [5.74, 6) is -0.324.